The lowest BCUT2D eigenvalue weighted by atomic mass is 10.1. The van der Waals surface area contributed by atoms with Crippen LogP contribution in [0.5, 0.6) is 0 Å². The summed E-state index contributed by atoms with van der Waals surface area (Å²) in [5.41, 5.74) is 1.04. The van der Waals surface area contributed by atoms with Crippen LogP contribution in [0.4, 0.5) is 0 Å². The van der Waals surface area contributed by atoms with E-state index in [-0.39, 0.29) is 0 Å². The Kier molecular flexibility index (Phi) is 3.46. The van der Waals surface area contributed by atoms with Gasteiger partial charge in [0.1, 0.15) is 0 Å². The minimum absolute atomic E-state index is 0.316. The summed E-state index contributed by atoms with van der Waals surface area (Å²) in [6.07, 6.45) is 0. The lowest BCUT2D eigenvalue weighted by Crippen LogP contribution is -2.03. The van der Waals surface area contributed by atoms with Gasteiger partial charge < -0.3 is 9.84 Å². The van der Waals surface area contributed by atoms with E-state index in [1.165, 1.54) is 0 Å². The fourth-order valence-electron chi connectivity index (χ4n) is 1.07. The molecule has 0 aliphatic heterocycles. The van der Waals surface area contributed by atoms with Crippen LogP contribution in [-0.2, 0) is 11.3 Å². The third kappa shape index (κ3) is 2.56. The molecule has 70 valence electrons. The maximum atomic E-state index is 10.7. The standard InChI is InChI=1S/C10H12O3/c1-2-13-7-8-5-3-4-6-9(8)10(11)12/h3-6H,2,7H2,1H3,(H,11,12). The number of ether oxygens (including phenoxy) is 1. The predicted octanol–water partition coefficient (Wildman–Crippen LogP) is 1.92. The topological polar surface area (TPSA) is 46.5 Å². The number of rotatable bonds is 4. The molecule has 0 radical (unpaired) electrons. The molecule has 0 aliphatic rings. The Bertz CT molecular complexity index is 294. The van der Waals surface area contributed by atoms with Crippen LogP contribution in [0.1, 0.15) is 22.8 Å². The molecule has 0 bridgehead atoms. The first kappa shape index (κ1) is 9.74. The van der Waals surface area contributed by atoms with Crippen LogP contribution >= 0.6 is 0 Å². The molecule has 0 saturated heterocycles. The van der Waals surface area contributed by atoms with Crippen molar-refractivity contribution in [3.05, 3.63) is 35.4 Å². The van der Waals surface area contributed by atoms with E-state index in [2.05, 4.69) is 0 Å². The highest BCUT2D eigenvalue weighted by atomic mass is 16.5. The number of carbonyl (C=O) groups is 1. The van der Waals surface area contributed by atoms with E-state index in [4.69, 9.17) is 9.84 Å². The highest BCUT2D eigenvalue weighted by Gasteiger charge is 2.07. The summed E-state index contributed by atoms with van der Waals surface area (Å²) in [5, 5.41) is 8.81. The predicted molar refractivity (Wildman–Crippen MR) is 48.7 cm³/mol. The molecule has 1 aromatic carbocycles. The summed E-state index contributed by atoms with van der Waals surface area (Å²) in [4.78, 5) is 10.7. The van der Waals surface area contributed by atoms with E-state index in [9.17, 15) is 4.79 Å². The number of hydrogen-bond donors (Lipinski definition) is 1. The Morgan fingerprint density at radius 1 is 1.46 bits per heavy atom. The van der Waals surface area contributed by atoms with Crippen LogP contribution in [0.3, 0.4) is 0 Å². The van der Waals surface area contributed by atoms with Gasteiger partial charge in [-0.15, -0.1) is 0 Å². The quantitative estimate of drug-likeness (QED) is 0.770. The van der Waals surface area contributed by atoms with Crippen molar-refractivity contribution in [3.63, 3.8) is 0 Å². The second-order valence-electron chi connectivity index (χ2n) is 2.60. The normalized spacial score (nSPS) is 9.92. The zero-order chi connectivity index (χ0) is 9.68. The van der Waals surface area contributed by atoms with E-state index >= 15 is 0 Å². The van der Waals surface area contributed by atoms with Crippen molar-refractivity contribution in [3.8, 4) is 0 Å². The number of hydrogen-bond acceptors (Lipinski definition) is 2. The maximum absolute atomic E-state index is 10.7. The van der Waals surface area contributed by atoms with Crippen LogP contribution in [0.25, 0.3) is 0 Å². The summed E-state index contributed by atoms with van der Waals surface area (Å²) in [6, 6.07) is 6.86. The van der Waals surface area contributed by atoms with Gasteiger partial charge in [-0.25, -0.2) is 4.79 Å². The average Bonchev–Trinajstić information content (AvgIpc) is 2.15. The Hall–Kier alpha value is -1.35. The van der Waals surface area contributed by atoms with Gasteiger partial charge in [0, 0.05) is 6.61 Å². The molecule has 1 N–H and O–H groups in total. The Morgan fingerprint density at radius 3 is 2.77 bits per heavy atom. The molecule has 0 saturated carbocycles. The zero-order valence-electron chi connectivity index (χ0n) is 7.49. The number of aromatic carboxylic acids is 1. The summed E-state index contributed by atoms with van der Waals surface area (Å²) in [6.45, 7) is 2.83. The van der Waals surface area contributed by atoms with E-state index in [0.29, 0.717) is 18.8 Å². The van der Waals surface area contributed by atoms with Gasteiger partial charge in [-0.05, 0) is 18.6 Å². The molecule has 0 amide bonds. The SMILES string of the molecule is CCOCc1ccccc1C(=O)O. The van der Waals surface area contributed by atoms with Gasteiger partial charge in [-0.3, -0.25) is 0 Å². The van der Waals surface area contributed by atoms with Crippen molar-refractivity contribution >= 4 is 5.97 Å². The van der Waals surface area contributed by atoms with Crippen LogP contribution in [0, 0.1) is 0 Å². The highest BCUT2D eigenvalue weighted by molar-refractivity contribution is 5.89. The molecular weight excluding hydrogens is 168 g/mol. The molecule has 0 unspecified atom stereocenters. The molecule has 1 rings (SSSR count). The van der Waals surface area contributed by atoms with Crippen molar-refractivity contribution in [1.82, 2.24) is 0 Å². The minimum atomic E-state index is -0.907. The average molecular weight is 180 g/mol. The molecule has 0 atom stereocenters. The third-order valence-electron chi connectivity index (χ3n) is 1.71. The highest BCUT2D eigenvalue weighted by Crippen LogP contribution is 2.09. The fraction of sp³-hybridized carbons (Fsp3) is 0.300. The largest absolute Gasteiger partial charge is 0.478 e. The van der Waals surface area contributed by atoms with Crippen molar-refractivity contribution in [2.24, 2.45) is 0 Å². The smallest absolute Gasteiger partial charge is 0.336 e. The Labute approximate surface area is 77.0 Å². The summed E-state index contributed by atoms with van der Waals surface area (Å²) in [5.74, 6) is -0.907. The fourth-order valence-corrected chi connectivity index (χ4v) is 1.07. The first-order chi connectivity index (χ1) is 6.25. The van der Waals surface area contributed by atoms with E-state index in [1.807, 2.05) is 6.92 Å². The molecule has 3 nitrogen and oxygen atoms in total. The molecule has 13 heavy (non-hydrogen) atoms. The van der Waals surface area contributed by atoms with Gasteiger partial charge >= 0.3 is 5.97 Å². The van der Waals surface area contributed by atoms with Gasteiger partial charge in [0.25, 0.3) is 0 Å². The number of carboxylic acids is 1. The Balaban J connectivity index is 2.84. The van der Waals surface area contributed by atoms with Crippen LogP contribution in [0.15, 0.2) is 24.3 Å². The molecule has 0 heterocycles. The second-order valence-corrected chi connectivity index (χ2v) is 2.60. The second kappa shape index (κ2) is 4.62. The maximum Gasteiger partial charge on any atom is 0.336 e. The molecule has 3 heteroatoms. The van der Waals surface area contributed by atoms with E-state index in [1.54, 1.807) is 24.3 Å². The molecule has 0 fully saturated rings. The van der Waals surface area contributed by atoms with Gasteiger partial charge in [-0.2, -0.15) is 0 Å². The van der Waals surface area contributed by atoms with E-state index in [0.717, 1.165) is 5.56 Å². The van der Waals surface area contributed by atoms with Crippen molar-refractivity contribution < 1.29 is 14.6 Å². The molecule has 0 aromatic heterocycles. The van der Waals surface area contributed by atoms with Crippen molar-refractivity contribution in [2.45, 2.75) is 13.5 Å². The molecular formula is C10H12O3. The Morgan fingerprint density at radius 2 is 2.15 bits per heavy atom. The summed E-state index contributed by atoms with van der Waals surface area (Å²) >= 11 is 0. The lowest BCUT2D eigenvalue weighted by molar-refractivity contribution is 0.0688. The van der Waals surface area contributed by atoms with Crippen molar-refractivity contribution in [1.29, 1.82) is 0 Å². The third-order valence-corrected chi connectivity index (χ3v) is 1.71. The van der Waals surface area contributed by atoms with Gasteiger partial charge in [0.15, 0.2) is 0 Å². The molecule has 0 spiro atoms. The minimum Gasteiger partial charge on any atom is -0.478 e. The zero-order valence-corrected chi connectivity index (χ0v) is 7.49. The first-order valence-corrected chi connectivity index (χ1v) is 4.14. The molecule has 1 aromatic rings. The van der Waals surface area contributed by atoms with E-state index < -0.39 is 5.97 Å². The van der Waals surface area contributed by atoms with Crippen LogP contribution in [0.2, 0.25) is 0 Å². The monoisotopic (exact) mass is 180 g/mol. The van der Waals surface area contributed by atoms with Crippen LogP contribution < -0.4 is 0 Å². The number of benzene rings is 1. The summed E-state index contributed by atoms with van der Waals surface area (Å²) in [7, 11) is 0. The van der Waals surface area contributed by atoms with Gasteiger partial charge in [0.2, 0.25) is 0 Å². The molecule has 0 aliphatic carbocycles. The van der Waals surface area contributed by atoms with Gasteiger partial charge in [-0.1, -0.05) is 18.2 Å². The first-order valence-electron chi connectivity index (χ1n) is 4.14. The summed E-state index contributed by atoms with van der Waals surface area (Å²) < 4.78 is 5.15. The van der Waals surface area contributed by atoms with Crippen LogP contribution in [-0.4, -0.2) is 17.7 Å². The van der Waals surface area contributed by atoms with Gasteiger partial charge in [0.05, 0.1) is 12.2 Å². The number of carboxylic acid groups (broad SMARTS) is 1. The van der Waals surface area contributed by atoms with Crippen molar-refractivity contribution in [2.75, 3.05) is 6.61 Å². The lowest BCUT2D eigenvalue weighted by Gasteiger charge is -2.04.